The second-order valence-corrected chi connectivity index (χ2v) is 3.35. The Bertz CT molecular complexity index is 514. The summed E-state index contributed by atoms with van der Waals surface area (Å²) in [5.74, 6) is -0.495. The van der Waals surface area contributed by atoms with Crippen LogP contribution >= 0.6 is 0 Å². The number of benzene rings is 1. The summed E-state index contributed by atoms with van der Waals surface area (Å²) in [6, 6.07) is 9.38. The van der Waals surface area contributed by atoms with Gasteiger partial charge in [-0.25, -0.2) is 14.8 Å². The van der Waals surface area contributed by atoms with E-state index in [1.807, 2.05) is 30.3 Å². The Hall–Kier alpha value is -2.43. The summed E-state index contributed by atoms with van der Waals surface area (Å²) in [5.41, 5.74) is 6.47. The zero-order valence-electron chi connectivity index (χ0n) is 9.04. The number of rotatable bonds is 3. The first-order valence-electron chi connectivity index (χ1n) is 5.05. The highest BCUT2D eigenvalue weighted by Gasteiger charge is 2.13. The number of nitrogen functional groups attached to an aromatic ring is 1. The molecule has 86 valence electrons. The number of esters is 1. The quantitative estimate of drug-likeness (QED) is 0.805. The molecule has 0 atom stereocenters. The number of hydrogen-bond donors (Lipinski definition) is 1. The third-order valence-electron chi connectivity index (χ3n) is 2.13. The van der Waals surface area contributed by atoms with Crippen molar-refractivity contribution in [1.29, 1.82) is 0 Å². The standard InChI is InChI=1S/C12H11N3O2/c13-11-10(14-6-7-15-11)12(16)17-8-9-4-2-1-3-5-9/h1-7H,8H2,(H2,13,15). The van der Waals surface area contributed by atoms with Crippen LogP contribution < -0.4 is 5.73 Å². The first kappa shape index (κ1) is 11.1. The number of aromatic nitrogens is 2. The minimum absolute atomic E-state index is 0.0448. The minimum atomic E-state index is -0.570. The molecule has 0 aliphatic rings. The third kappa shape index (κ3) is 2.78. The zero-order chi connectivity index (χ0) is 12.1. The molecule has 0 unspecified atom stereocenters. The van der Waals surface area contributed by atoms with Gasteiger partial charge in [0.15, 0.2) is 11.5 Å². The van der Waals surface area contributed by atoms with E-state index < -0.39 is 5.97 Å². The number of carbonyl (C=O) groups excluding carboxylic acids is 1. The first-order chi connectivity index (χ1) is 8.27. The first-order valence-corrected chi connectivity index (χ1v) is 5.05. The molecule has 0 aliphatic carbocycles. The average molecular weight is 229 g/mol. The van der Waals surface area contributed by atoms with Crippen molar-refractivity contribution in [2.24, 2.45) is 0 Å². The van der Waals surface area contributed by atoms with Crippen LogP contribution in [-0.4, -0.2) is 15.9 Å². The van der Waals surface area contributed by atoms with E-state index in [1.54, 1.807) is 0 Å². The largest absolute Gasteiger partial charge is 0.456 e. The summed E-state index contributed by atoms with van der Waals surface area (Å²) in [6.45, 7) is 0.190. The molecule has 0 aliphatic heterocycles. The van der Waals surface area contributed by atoms with Crippen molar-refractivity contribution in [3.63, 3.8) is 0 Å². The summed E-state index contributed by atoms with van der Waals surface area (Å²) in [4.78, 5) is 19.2. The van der Waals surface area contributed by atoms with Gasteiger partial charge in [0.2, 0.25) is 0 Å². The van der Waals surface area contributed by atoms with Crippen LogP contribution in [0.3, 0.4) is 0 Å². The number of nitrogens with zero attached hydrogens (tertiary/aromatic N) is 2. The molecule has 0 bridgehead atoms. The molecule has 0 spiro atoms. The van der Waals surface area contributed by atoms with E-state index in [0.717, 1.165) is 5.56 Å². The van der Waals surface area contributed by atoms with E-state index >= 15 is 0 Å². The van der Waals surface area contributed by atoms with Crippen LogP contribution in [0.25, 0.3) is 0 Å². The summed E-state index contributed by atoms with van der Waals surface area (Å²) < 4.78 is 5.07. The van der Waals surface area contributed by atoms with Gasteiger partial charge < -0.3 is 10.5 Å². The summed E-state index contributed by atoms with van der Waals surface area (Å²) in [5, 5.41) is 0. The highest BCUT2D eigenvalue weighted by molar-refractivity contribution is 5.91. The molecule has 2 aromatic rings. The molecule has 2 rings (SSSR count). The molecule has 1 heterocycles. The Balaban J connectivity index is 2.01. The van der Waals surface area contributed by atoms with Gasteiger partial charge in [-0.3, -0.25) is 0 Å². The van der Waals surface area contributed by atoms with Gasteiger partial charge in [-0.15, -0.1) is 0 Å². The molecular formula is C12H11N3O2. The smallest absolute Gasteiger partial charge is 0.361 e. The van der Waals surface area contributed by atoms with E-state index in [9.17, 15) is 4.79 Å². The average Bonchev–Trinajstić information content (AvgIpc) is 2.38. The van der Waals surface area contributed by atoms with Crippen molar-refractivity contribution in [3.8, 4) is 0 Å². The maximum Gasteiger partial charge on any atom is 0.361 e. The highest BCUT2D eigenvalue weighted by atomic mass is 16.5. The molecule has 0 amide bonds. The van der Waals surface area contributed by atoms with Crippen molar-refractivity contribution in [1.82, 2.24) is 9.97 Å². The second kappa shape index (κ2) is 5.07. The molecule has 0 saturated heterocycles. The van der Waals surface area contributed by atoms with E-state index in [4.69, 9.17) is 10.5 Å². The summed E-state index contributed by atoms with van der Waals surface area (Å²) in [7, 11) is 0. The number of carbonyl (C=O) groups is 1. The Morgan fingerprint density at radius 2 is 1.88 bits per heavy atom. The van der Waals surface area contributed by atoms with E-state index in [2.05, 4.69) is 9.97 Å². The molecule has 1 aromatic carbocycles. The normalized spacial score (nSPS) is 9.88. The lowest BCUT2D eigenvalue weighted by molar-refractivity contribution is 0.0466. The lowest BCUT2D eigenvalue weighted by Crippen LogP contribution is -2.11. The molecule has 2 N–H and O–H groups in total. The number of ether oxygens (including phenoxy) is 1. The van der Waals surface area contributed by atoms with E-state index in [-0.39, 0.29) is 18.1 Å². The fourth-order valence-corrected chi connectivity index (χ4v) is 1.30. The van der Waals surface area contributed by atoms with Crippen LogP contribution in [0.2, 0.25) is 0 Å². The predicted molar refractivity (Wildman–Crippen MR) is 62.0 cm³/mol. The lowest BCUT2D eigenvalue weighted by atomic mass is 10.2. The minimum Gasteiger partial charge on any atom is -0.456 e. The van der Waals surface area contributed by atoms with Crippen LogP contribution in [0.1, 0.15) is 16.1 Å². The van der Waals surface area contributed by atoms with Gasteiger partial charge in [0.1, 0.15) is 6.61 Å². The fraction of sp³-hybridized carbons (Fsp3) is 0.0833. The molecule has 5 heteroatoms. The van der Waals surface area contributed by atoms with E-state index in [0.29, 0.717) is 0 Å². The second-order valence-electron chi connectivity index (χ2n) is 3.35. The van der Waals surface area contributed by atoms with Crippen molar-refractivity contribution in [3.05, 3.63) is 54.0 Å². The molecule has 0 saturated carbocycles. The van der Waals surface area contributed by atoms with Gasteiger partial charge >= 0.3 is 5.97 Å². The lowest BCUT2D eigenvalue weighted by Gasteiger charge is -2.05. The van der Waals surface area contributed by atoms with Gasteiger partial charge in [-0.2, -0.15) is 0 Å². The van der Waals surface area contributed by atoms with Gasteiger partial charge in [0.25, 0.3) is 0 Å². The van der Waals surface area contributed by atoms with Crippen molar-refractivity contribution >= 4 is 11.8 Å². The van der Waals surface area contributed by atoms with Gasteiger partial charge in [-0.1, -0.05) is 30.3 Å². The van der Waals surface area contributed by atoms with Gasteiger partial charge in [0, 0.05) is 12.4 Å². The molecule has 17 heavy (non-hydrogen) atoms. The molecule has 5 nitrogen and oxygen atoms in total. The van der Waals surface area contributed by atoms with E-state index in [1.165, 1.54) is 12.4 Å². The Kier molecular flexibility index (Phi) is 3.30. The number of nitrogens with two attached hydrogens (primary N) is 1. The number of hydrogen-bond acceptors (Lipinski definition) is 5. The molecule has 0 radical (unpaired) electrons. The maximum atomic E-state index is 11.6. The molecular weight excluding hydrogens is 218 g/mol. The Labute approximate surface area is 98.3 Å². The van der Waals surface area contributed by atoms with Crippen molar-refractivity contribution < 1.29 is 9.53 Å². The Morgan fingerprint density at radius 1 is 1.18 bits per heavy atom. The SMILES string of the molecule is Nc1nccnc1C(=O)OCc1ccccc1. The van der Waals surface area contributed by atoms with Gasteiger partial charge in [-0.05, 0) is 5.56 Å². The topological polar surface area (TPSA) is 78.1 Å². The van der Waals surface area contributed by atoms with Crippen LogP contribution in [-0.2, 0) is 11.3 Å². The summed E-state index contributed by atoms with van der Waals surface area (Å²) in [6.07, 6.45) is 2.82. The van der Waals surface area contributed by atoms with Crippen LogP contribution in [0.5, 0.6) is 0 Å². The zero-order valence-corrected chi connectivity index (χ0v) is 9.04. The monoisotopic (exact) mass is 229 g/mol. The maximum absolute atomic E-state index is 11.6. The molecule has 1 aromatic heterocycles. The van der Waals surface area contributed by atoms with Gasteiger partial charge in [0.05, 0.1) is 0 Å². The predicted octanol–water partition coefficient (Wildman–Crippen LogP) is 1.42. The van der Waals surface area contributed by atoms with Crippen LogP contribution in [0.15, 0.2) is 42.7 Å². The molecule has 0 fully saturated rings. The van der Waals surface area contributed by atoms with Crippen molar-refractivity contribution in [2.45, 2.75) is 6.61 Å². The number of anilines is 1. The van der Waals surface area contributed by atoms with Crippen molar-refractivity contribution in [2.75, 3.05) is 5.73 Å². The summed E-state index contributed by atoms with van der Waals surface area (Å²) >= 11 is 0. The Morgan fingerprint density at radius 3 is 2.59 bits per heavy atom. The van der Waals surface area contributed by atoms with Crippen LogP contribution in [0.4, 0.5) is 5.82 Å². The highest BCUT2D eigenvalue weighted by Crippen LogP contribution is 2.07. The van der Waals surface area contributed by atoms with Crippen LogP contribution in [0, 0.1) is 0 Å². The third-order valence-corrected chi connectivity index (χ3v) is 2.13. The fourth-order valence-electron chi connectivity index (χ4n) is 1.30.